The first-order valence-electron chi connectivity index (χ1n) is 6.64. The molecule has 0 spiro atoms. The summed E-state index contributed by atoms with van der Waals surface area (Å²) in [7, 11) is -5.90. The standard InChI is InChI=1S/C11H18F6N2O2S/c1-3-4-18-5-7-19(8-6-18)22(20,21)11(16,17)10(14,15)9(2,12)13/h3-8H2,1-2H3. The molecule has 0 aromatic heterocycles. The Balaban J connectivity index is 2.99. The van der Waals surface area contributed by atoms with E-state index in [0.717, 1.165) is 6.42 Å². The summed E-state index contributed by atoms with van der Waals surface area (Å²) in [6.45, 7) is 1.31. The maximum atomic E-state index is 13.6. The van der Waals surface area contributed by atoms with E-state index >= 15 is 0 Å². The molecule has 22 heavy (non-hydrogen) atoms. The average Bonchev–Trinajstić information content (AvgIpc) is 2.38. The normalized spacial score (nSPS) is 20.4. The van der Waals surface area contributed by atoms with E-state index in [1.165, 1.54) is 0 Å². The fourth-order valence-electron chi connectivity index (χ4n) is 2.09. The molecular weight excluding hydrogens is 338 g/mol. The molecule has 0 atom stereocenters. The van der Waals surface area contributed by atoms with Crippen molar-refractivity contribution in [3.05, 3.63) is 0 Å². The fraction of sp³-hybridized carbons (Fsp3) is 1.00. The Morgan fingerprint density at radius 2 is 1.41 bits per heavy atom. The summed E-state index contributed by atoms with van der Waals surface area (Å²) in [6.07, 6.45) is 0.753. The molecule has 1 heterocycles. The number of rotatable bonds is 6. The molecule has 1 rings (SSSR count). The van der Waals surface area contributed by atoms with E-state index in [0.29, 0.717) is 6.54 Å². The Morgan fingerprint density at radius 3 is 1.77 bits per heavy atom. The van der Waals surface area contributed by atoms with Crippen molar-refractivity contribution in [2.75, 3.05) is 32.7 Å². The zero-order chi connectivity index (χ0) is 17.4. The van der Waals surface area contributed by atoms with Gasteiger partial charge in [0.1, 0.15) is 0 Å². The Morgan fingerprint density at radius 1 is 0.955 bits per heavy atom. The van der Waals surface area contributed by atoms with E-state index in [1.54, 1.807) is 4.90 Å². The van der Waals surface area contributed by atoms with Crippen LogP contribution in [0.25, 0.3) is 0 Å². The monoisotopic (exact) mass is 356 g/mol. The maximum Gasteiger partial charge on any atom is 0.427 e. The van der Waals surface area contributed by atoms with Crippen molar-refractivity contribution in [2.45, 2.75) is 37.4 Å². The molecule has 1 fully saturated rings. The molecule has 0 amide bonds. The molecular formula is C11H18F6N2O2S. The molecule has 11 heteroatoms. The van der Waals surface area contributed by atoms with Crippen molar-refractivity contribution in [1.29, 1.82) is 0 Å². The molecule has 0 N–H and O–H groups in total. The van der Waals surface area contributed by atoms with Crippen LogP contribution in [0.15, 0.2) is 0 Å². The molecule has 0 aromatic carbocycles. The summed E-state index contributed by atoms with van der Waals surface area (Å²) in [5.74, 6) is -11.2. The second kappa shape index (κ2) is 6.16. The molecule has 4 nitrogen and oxygen atoms in total. The quantitative estimate of drug-likeness (QED) is 0.686. The van der Waals surface area contributed by atoms with Gasteiger partial charge in [-0.05, 0) is 13.0 Å². The number of sulfonamides is 1. The fourth-order valence-corrected chi connectivity index (χ4v) is 3.56. The number of piperazine rings is 1. The van der Waals surface area contributed by atoms with Crippen LogP contribution in [0.1, 0.15) is 20.3 Å². The minimum absolute atomic E-state index is 0.0806. The van der Waals surface area contributed by atoms with Crippen LogP contribution >= 0.6 is 0 Å². The zero-order valence-corrected chi connectivity index (χ0v) is 12.9. The smallest absolute Gasteiger partial charge is 0.301 e. The second-order valence-electron chi connectivity index (χ2n) is 5.23. The lowest BCUT2D eigenvalue weighted by Gasteiger charge is -2.38. The predicted molar refractivity (Wildman–Crippen MR) is 67.7 cm³/mol. The first kappa shape index (κ1) is 19.5. The van der Waals surface area contributed by atoms with Gasteiger partial charge in [-0.1, -0.05) is 6.92 Å². The molecule has 0 aromatic rings. The van der Waals surface area contributed by atoms with Crippen LogP contribution in [0, 0.1) is 0 Å². The topological polar surface area (TPSA) is 40.6 Å². The third-order valence-corrected chi connectivity index (χ3v) is 5.40. The summed E-state index contributed by atoms with van der Waals surface area (Å²) in [5.41, 5.74) is 0. The summed E-state index contributed by atoms with van der Waals surface area (Å²) in [6, 6.07) is 0. The van der Waals surface area contributed by atoms with Crippen molar-refractivity contribution in [3.8, 4) is 0 Å². The van der Waals surface area contributed by atoms with Crippen LogP contribution in [0.2, 0.25) is 0 Å². The van der Waals surface area contributed by atoms with E-state index in [2.05, 4.69) is 0 Å². The van der Waals surface area contributed by atoms with Crippen molar-refractivity contribution in [1.82, 2.24) is 9.21 Å². The summed E-state index contributed by atoms with van der Waals surface area (Å²) in [4.78, 5) is 1.77. The highest BCUT2D eigenvalue weighted by Crippen LogP contribution is 2.49. The van der Waals surface area contributed by atoms with Gasteiger partial charge in [-0.15, -0.1) is 0 Å². The summed E-state index contributed by atoms with van der Waals surface area (Å²) < 4.78 is 103. The first-order valence-corrected chi connectivity index (χ1v) is 8.08. The van der Waals surface area contributed by atoms with E-state index in [9.17, 15) is 34.8 Å². The third kappa shape index (κ3) is 3.21. The van der Waals surface area contributed by atoms with Crippen molar-refractivity contribution in [2.24, 2.45) is 0 Å². The Labute approximate surface area is 125 Å². The van der Waals surface area contributed by atoms with Gasteiger partial charge in [0.25, 0.3) is 10.0 Å². The lowest BCUT2D eigenvalue weighted by Crippen LogP contribution is -2.62. The van der Waals surface area contributed by atoms with Crippen molar-refractivity contribution >= 4 is 10.0 Å². The molecule has 0 radical (unpaired) electrons. The van der Waals surface area contributed by atoms with Crippen LogP contribution in [0.5, 0.6) is 0 Å². The highest BCUT2D eigenvalue weighted by molar-refractivity contribution is 7.90. The van der Waals surface area contributed by atoms with Gasteiger partial charge in [0.05, 0.1) is 0 Å². The SMILES string of the molecule is CCCN1CCN(S(=O)(=O)C(F)(F)C(F)(F)C(C)(F)F)CC1. The number of alkyl halides is 6. The maximum absolute atomic E-state index is 13.6. The van der Waals surface area contributed by atoms with Gasteiger partial charge in [0.15, 0.2) is 0 Å². The molecule has 0 unspecified atom stereocenters. The minimum atomic E-state index is -6.00. The van der Waals surface area contributed by atoms with E-state index in [4.69, 9.17) is 0 Å². The lowest BCUT2D eigenvalue weighted by atomic mass is 10.2. The van der Waals surface area contributed by atoms with Gasteiger partial charge in [-0.25, -0.2) is 8.42 Å². The third-order valence-electron chi connectivity index (χ3n) is 3.45. The predicted octanol–water partition coefficient (Wildman–Crippen LogP) is 2.23. The van der Waals surface area contributed by atoms with Crippen molar-refractivity contribution in [3.63, 3.8) is 0 Å². The highest BCUT2D eigenvalue weighted by Gasteiger charge is 2.76. The number of hydrogen-bond acceptors (Lipinski definition) is 3. The van der Waals surface area contributed by atoms with Gasteiger partial charge >= 0.3 is 17.1 Å². The average molecular weight is 356 g/mol. The van der Waals surface area contributed by atoms with Crippen LogP contribution < -0.4 is 0 Å². The molecule has 0 aliphatic carbocycles. The van der Waals surface area contributed by atoms with Gasteiger partial charge in [0, 0.05) is 33.1 Å². The van der Waals surface area contributed by atoms with E-state index in [1.807, 2.05) is 6.92 Å². The van der Waals surface area contributed by atoms with E-state index < -0.39 is 47.1 Å². The van der Waals surface area contributed by atoms with Crippen LogP contribution in [-0.2, 0) is 10.0 Å². The van der Waals surface area contributed by atoms with Gasteiger partial charge in [-0.2, -0.15) is 30.6 Å². The largest absolute Gasteiger partial charge is 0.427 e. The zero-order valence-electron chi connectivity index (χ0n) is 12.1. The molecule has 1 aliphatic heterocycles. The molecule has 1 saturated heterocycles. The Hall–Kier alpha value is -0.550. The van der Waals surface area contributed by atoms with Gasteiger partial charge in [-0.3, -0.25) is 0 Å². The summed E-state index contributed by atoms with van der Waals surface area (Å²) in [5, 5.41) is -5.88. The highest BCUT2D eigenvalue weighted by atomic mass is 32.2. The molecule has 132 valence electrons. The first-order chi connectivity index (χ1) is 9.79. The van der Waals surface area contributed by atoms with Crippen LogP contribution in [0.3, 0.4) is 0 Å². The number of nitrogens with zero attached hydrogens (tertiary/aromatic N) is 2. The molecule has 0 saturated carbocycles. The summed E-state index contributed by atoms with van der Waals surface area (Å²) >= 11 is 0. The van der Waals surface area contributed by atoms with Crippen LogP contribution in [0.4, 0.5) is 26.3 Å². The van der Waals surface area contributed by atoms with Crippen molar-refractivity contribution < 1.29 is 34.8 Å². The molecule has 0 bridgehead atoms. The Kier molecular flexibility index (Phi) is 5.46. The van der Waals surface area contributed by atoms with Crippen LogP contribution in [-0.4, -0.2) is 67.4 Å². The van der Waals surface area contributed by atoms with Gasteiger partial charge < -0.3 is 4.90 Å². The van der Waals surface area contributed by atoms with Gasteiger partial charge in [0.2, 0.25) is 0 Å². The lowest BCUT2D eigenvalue weighted by molar-refractivity contribution is -0.272. The molecule has 1 aliphatic rings. The second-order valence-corrected chi connectivity index (χ2v) is 7.20. The minimum Gasteiger partial charge on any atom is -0.301 e. The van der Waals surface area contributed by atoms with E-state index in [-0.39, 0.29) is 17.4 Å². The number of hydrogen-bond donors (Lipinski definition) is 0. The number of halogens is 6. The Bertz CT molecular complexity index is 483.